The zero-order valence-corrected chi connectivity index (χ0v) is 22.6. The van der Waals surface area contributed by atoms with Gasteiger partial charge in [0.25, 0.3) is 10.0 Å². The average Bonchev–Trinajstić information content (AvgIpc) is 2.96. The molecule has 0 bridgehead atoms. The average molecular weight is 569 g/mol. The van der Waals surface area contributed by atoms with E-state index in [2.05, 4.69) is 19.4 Å². The summed E-state index contributed by atoms with van der Waals surface area (Å²) in [5.74, 6) is 0.654. The number of aromatic nitrogens is 3. The van der Waals surface area contributed by atoms with Gasteiger partial charge in [-0.2, -0.15) is 0 Å². The molecule has 0 radical (unpaired) electrons. The van der Waals surface area contributed by atoms with Crippen LogP contribution in [0.4, 0.5) is 11.5 Å². The van der Waals surface area contributed by atoms with Gasteiger partial charge in [0, 0.05) is 31.4 Å². The van der Waals surface area contributed by atoms with E-state index in [0.717, 1.165) is 5.56 Å². The standard InChI is InChI=1S/C26H28N6O5S2/c33-13-10-29-38(34,35)23-8-11-32(12-9-23)26-18-28-24-7-6-19(15-25(24)30-26)20-14-21(17-27-16-20)31-39(36,37)22-4-2-1-3-5-22/h1-7,14-18,23,29,31,33H,8-13H2. The number of pyridine rings is 1. The number of fused-ring (bicyclic) bond motifs is 1. The van der Waals surface area contributed by atoms with Crippen LogP contribution < -0.4 is 14.3 Å². The molecule has 0 atom stereocenters. The van der Waals surface area contributed by atoms with E-state index < -0.39 is 25.3 Å². The summed E-state index contributed by atoms with van der Waals surface area (Å²) in [5.41, 5.74) is 3.19. The minimum Gasteiger partial charge on any atom is -0.395 e. The molecule has 0 unspecified atom stereocenters. The highest BCUT2D eigenvalue weighted by Gasteiger charge is 2.30. The van der Waals surface area contributed by atoms with Gasteiger partial charge in [-0.3, -0.25) is 14.7 Å². The third kappa shape index (κ3) is 6.17. The molecule has 4 aromatic rings. The zero-order chi connectivity index (χ0) is 27.5. The molecule has 0 spiro atoms. The lowest BCUT2D eigenvalue weighted by Gasteiger charge is -2.32. The van der Waals surface area contributed by atoms with E-state index in [1.54, 1.807) is 36.7 Å². The maximum atomic E-state index is 12.7. The Kier molecular flexibility index (Phi) is 7.75. The Morgan fingerprint density at radius 3 is 2.41 bits per heavy atom. The lowest BCUT2D eigenvalue weighted by Crippen LogP contribution is -2.44. The van der Waals surface area contributed by atoms with Crippen molar-refractivity contribution in [3.8, 4) is 11.1 Å². The Bertz CT molecular complexity index is 1680. The molecule has 204 valence electrons. The van der Waals surface area contributed by atoms with Crippen molar-refractivity contribution in [2.45, 2.75) is 23.0 Å². The molecule has 0 saturated carbocycles. The minimum absolute atomic E-state index is 0.0123. The highest BCUT2D eigenvalue weighted by atomic mass is 32.2. The predicted molar refractivity (Wildman–Crippen MR) is 149 cm³/mol. The second kappa shape index (κ2) is 11.2. The first-order valence-corrected chi connectivity index (χ1v) is 15.4. The Morgan fingerprint density at radius 1 is 0.897 bits per heavy atom. The SMILES string of the molecule is O=S(=O)(Nc1cncc(-c2ccc3ncc(N4CCC(S(=O)(=O)NCCO)CC4)nc3c2)c1)c1ccccc1. The molecule has 11 nitrogen and oxygen atoms in total. The van der Waals surface area contributed by atoms with Gasteiger partial charge in [0.05, 0.1) is 45.9 Å². The van der Waals surface area contributed by atoms with Crippen LogP contribution in [0.5, 0.6) is 0 Å². The van der Waals surface area contributed by atoms with Gasteiger partial charge in [0.1, 0.15) is 5.82 Å². The summed E-state index contributed by atoms with van der Waals surface area (Å²) < 4.78 is 55.3. The quantitative estimate of drug-likeness (QED) is 0.276. The van der Waals surface area contributed by atoms with E-state index in [-0.39, 0.29) is 18.0 Å². The number of benzene rings is 2. The second-order valence-corrected chi connectivity index (χ2v) is 12.9. The molecule has 2 aromatic carbocycles. The number of aliphatic hydroxyl groups excluding tert-OH is 1. The normalized spacial score (nSPS) is 14.9. The Hall–Kier alpha value is -3.65. The highest BCUT2D eigenvalue weighted by Crippen LogP contribution is 2.27. The van der Waals surface area contributed by atoms with E-state index in [1.165, 1.54) is 18.3 Å². The summed E-state index contributed by atoms with van der Waals surface area (Å²) in [6, 6.07) is 15.4. The first-order valence-electron chi connectivity index (χ1n) is 12.4. The topological polar surface area (TPSA) is 154 Å². The van der Waals surface area contributed by atoms with E-state index in [0.29, 0.717) is 54.0 Å². The number of nitrogens with one attached hydrogen (secondary N) is 2. The van der Waals surface area contributed by atoms with Gasteiger partial charge in [0.2, 0.25) is 10.0 Å². The zero-order valence-electron chi connectivity index (χ0n) is 20.9. The molecule has 0 amide bonds. The van der Waals surface area contributed by atoms with E-state index in [4.69, 9.17) is 10.1 Å². The van der Waals surface area contributed by atoms with Crippen molar-refractivity contribution in [2.24, 2.45) is 0 Å². The molecular formula is C26H28N6O5S2. The van der Waals surface area contributed by atoms with Crippen LogP contribution in [0.3, 0.4) is 0 Å². The van der Waals surface area contributed by atoms with E-state index >= 15 is 0 Å². The van der Waals surface area contributed by atoms with E-state index in [9.17, 15) is 16.8 Å². The highest BCUT2D eigenvalue weighted by molar-refractivity contribution is 7.92. The van der Waals surface area contributed by atoms with Crippen LogP contribution in [0.15, 0.2) is 78.1 Å². The van der Waals surface area contributed by atoms with Crippen LogP contribution in [-0.2, 0) is 20.0 Å². The molecule has 5 rings (SSSR count). The second-order valence-electron chi connectivity index (χ2n) is 9.16. The minimum atomic E-state index is -3.75. The molecule has 2 aromatic heterocycles. The predicted octanol–water partition coefficient (Wildman–Crippen LogP) is 2.37. The Labute approximate surface area is 227 Å². The number of hydrogen-bond acceptors (Lipinski definition) is 9. The smallest absolute Gasteiger partial charge is 0.261 e. The van der Waals surface area contributed by atoms with Gasteiger partial charge in [-0.25, -0.2) is 26.5 Å². The summed E-state index contributed by atoms with van der Waals surface area (Å²) in [6.45, 7) is 0.797. The molecule has 1 aliphatic rings. The fraction of sp³-hybridized carbons (Fsp3) is 0.269. The third-order valence-corrected chi connectivity index (χ3v) is 9.88. The van der Waals surface area contributed by atoms with Gasteiger partial charge in [0.15, 0.2) is 0 Å². The first kappa shape index (κ1) is 26.9. The summed E-state index contributed by atoms with van der Waals surface area (Å²) in [7, 11) is -7.23. The Balaban J connectivity index is 1.34. The number of hydrogen-bond donors (Lipinski definition) is 3. The molecule has 1 fully saturated rings. The van der Waals surface area contributed by atoms with Crippen molar-refractivity contribution in [1.82, 2.24) is 19.7 Å². The van der Waals surface area contributed by atoms with Crippen molar-refractivity contribution in [2.75, 3.05) is 35.9 Å². The summed E-state index contributed by atoms with van der Waals surface area (Å²) >= 11 is 0. The van der Waals surface area contributed by atoms with Crippen LogP contribution in [0, 0.1) is 0 Å². The number of aliphatic hydroxyl groups is 1. The molecule has 3 heterocycles. The number of sulfonamides is 2. The van der Waals surface area contributed by atoms with Crippen molar-refractivity contribution >= 4 is 42.6 Å². The van der Waals surface area contributed by atoms with Crippen molar-refractivity contribution in [1.29, 1.82) is 0 Å². The maximum Gasteiger partial charge on any atom is 0.261 e. The van der Waals surface area contributed by atoms with Crippen LogP contribution in [0.1, 0.15) is 12.8 Å². The van der Waals surface area contributed by atoms with Crippen molar-refractivity contribution < 1.29 is 21.9 Å². The van der Waals surface area contributed by atoms with Gasteiger partial charge >= 0.3 is 0 Å². The van der Waals surface area contributed by atoms with Crippen LogP contribution in [-0.4, -0.2) is 68.4 Å². The van der Waals surface area contributed by atoms with Crippen LogP contribution in [0.2, 0.25) is 0 Å². The fourth-order valence-electron chi connectivity index (χ4n) is 4.50. The number of nitrogens with zero attached hydrogens (tertiary/aromatic N) is 4. The number of piperidine rings is 1. The summed E-state index contributed by atoms with van der Waals surface area (Å²) in [5, 5.41) is 8.40. The molecule has 1 saturated heterocycles. The van der Waals surface area contributed by atoms with Crippen molar-refractivity contribution in [3.63, 3.8) is 0 Å². The fourth-order valence-corrected chi connectivity index (χ4v) is 7.00. The van der Waals surface area contributed by atoms with Crippen molar-refractivity contribution in [3.05, 3.63) is 73.2 Å². The molecule has 3 N–H and O–H groups in total. The Morgan fingerprint density at radius 2 is 1.67 bits per heavy atom. The van der Waals surface area contributed by atoms with Gasteiger partial charge in [-0.05, 0) is 48.7 Å². The molecule has 13 heteroatoms. The lowest BCUT2D eigenvalue weighted by atomic mass is 10.1. The summed E-state index contributed by atoms with van der Waals surface area (Å²) in [6.07, 6.45) is 5.66. The van der Waals surface area contributed by atoms with Gasteiger partial charge in [-0.1, -0.05) is 24.3 Å². The van der Waals surface area contributed by atoms with Gasteiger partial charge in [-0.15, -0.1) is 0 Å². The summed E-state index contributed by atoms with van der Waals surface area (Å²) in [4.78, 5) is 15.7. The first-order chi connectivity index (χ1) is 18.7. The molecule has 0 aliphatic carbocycles. The molecule has 39 heavy (non-hydrogen) atoms. The molecule has 1 aliphatic heterocycles. The monoisotopic (exact) mass is 568 g/mol. The van der Waals surface area contributed by atoms with Crippen LogP contribution in [0.25, 0.3) is 22.2 Å². The number of anilines is 2. The van der Waals surface area contributed by atoms with Gasteiger partial charge < -0.3 is 10.0 Å². The lowest BCUT2D eigenvalue weighted by molar-refractivity contribution is 0.300. The largest absolute Gasteiger partial charge is 0.395 e. The van der Waals surface area contributed by atoms with Crippen LogP contribution >= 0.6 is 0 Å². The van der Waals surface area contributed by atoms with E-state index in [1.807, 2.05) is 23.1 Å². The maximum absolute atomic E-state index is 12.7. The third-order valence-electron chi connectivity index (χ3n) is 6.53. The number of rotatable bonds is 9. The molecular weight excluding hydrogens is 540 g/mol.